The molecule has 0 amide bonds. The highest BCUT2D eigenvalue weighted by atomic mass is 16.4. The van der Waals surface area contributed by atoms with E-state index in [2.05, 4.69) is 44.0 Å². The first-order valence-electron chi connectivity index (χ1n) is 12.1. The third-order valence-corrected chi connectivity index (χ3v) is 6.32. The molecule has 2 N–H and O–H groups in total. The average Bonchev–Trinajstić information content (AvgIpc) is 2.87. The molecular formula is C31H29N3O3. The van der Waals surface area contributed by atoms with Gasteiger partial charge in [0.1, 0.15) is 22.7 Å². The molecule has 0 atom stereocenters. The second-order valence-corrected chi connectivity index (χ2v) is 9.26. The van der Waals surface area contributed by atoms with Gasteiger partial charge in [-0.1, -0.05) is 65.8 Å². The maximum absolute atomic E-state index is 12.4. The molecule has 0 fully saturated rings. The fourth-order valence-corrected chi connectivity index (χ4v) is 4.42. The quantitative estimate of drug-likeness (QED) is 0.401. The third kappa shape index (κ3) is 5.31. The molecular weight excluding hydrogens is 462 g/mol. The summed E-state index contributed by atoms with van der Waals surface area (Å²) in [7, 11) is 0. The molecule has 0 aromatic heterocycles. The molecule has 0 spiro atoms. The van der Waals surface area contributed by atoms with Crippen molar-refractivity contribution in [2.45, 2.75) is 33.6 Å². The van der Waals surface area contributed by atoms with E-state index < -0.39 is 11.7 Å². The van der Waals surface area contributed by atoms with Crippen LogP contribution in [0.1, 0.15) is 49.5 Å². The number of carbonyl (C=O) groups is 1. The van der Waals surface area contributed by atoms with Crippen molar-refractivity contribution in [1.82, 2.24) is 0 Å². The largest absolute Gasteiger partial charge is 0.506 e. The number of nitriles is 1. The number of aromatic hydroxyl groups is 1. The summed E-state index contributed by atoms with van der Waals surface area (Å²) in [6, 6.07) is 20.3. The van der Waals surface area contributed by atoms with Crippen LogP contribution in [-0.4, -0.2) is 22.7 Å². The van der Waals surface area contributed by atoms with Gasteiger partial charge in [-0.2, -0.15) is 5.26 Å². The predicted octanol–water partition coefficient (Wildman–Crippen LogP) is 5.91. The van der Waals surface area contributed by atoms with Gasteiger partial charge in [-0.3, -0.25) is 0 Å². The van der Waals surface area contributed by atoms with Gasteiger partial charge in [0.05, 0.1) is 22.6 Å². The number of para-hydroxylation sites is 2. The zero-order valence-corrected chi connectivity index (χ0v) is 21.2. The fraction of sp³-hybridized carbons (Fsp3) is 0.194. The average molecular weight is 492 g/mol. The van der Waals surface area contributed by atoms with E-state index >= 15 is 0 Å². The van der Waals surface area contributed by atoms with Gasteiger partial charge in [-0.25, -0.2) is 9.79 Å². The molecule has 0 unspecified atom stereocenters. The van der Waals surface area contributed by atoms with E-state index in [9.17, 15) is 20.3 Å². The first-order chi connectivity index (χ1) is 17.8. The molecule has 0 radical (unpaired) electrons. The number of benzene rings is 3. The number of anilines is 2. The van der Waals surface area contributed by atoms with Crippen LogP contribution in [0.3, 0.4) is 0 Å². The Bertz CT molecular complexity index is 1570. The molecule has 4 rings (SSSR count). The molecule has 0 saturated heterocycles. The topological polar surface area (TPSA) is 96.9 Å². The van der Waals surface area contributed by atoms with Gasteiger partial charge in [0.2, 0.25) is 0 Å². The van der Waals surface area contributed by atoms with Crippen molar-refractivity contribution >= 4 is 28.6 Å². The van der Waals surface area contributed by atoms with E-state index in [4.69, 9.17) is 0 Å². The van der Waals surface area contributed by atoms with Crippen LogP contribution in [-0.2, 0) is 0 Å². The summed E-state index contributed by atoms with van der Waals surface area (Å²) in [4.78, 5) is 19.0. The molecule has 0 saturated carbocycles. The lowest BCUT2D eigenvalue weighted by Crippen LogP contribution is -2.33. The number of nitrogens with zero attached hydrogens (tertiary/aromatic N) is 3. The zero-order chi connectivity index (χ0) is 26.5. The lowest BCUT2D eigenvalue weighted by molar-refractivity contribution is 0.0692. The van der Waals surface area contributed by atoms with Gasteiger partial charge < -0.3 is 15.1 Å². The summed E-state index contributed by atoms with van der Waals surface area (Å²) in [6.45, 7) is 6.73. The smallest absolute Gasteiger partial charge is 0.341 e. The first kappa shape index (κ1) is 25.5. The van der Waals surface area contributed by atoms with E-state index in [-0.39, 0.29) is 21.7 Å². The number of rotatable bonds is 7. The molecule has 3 aromatic carbocycles. The van der Waals surface area contributed by atoms with Crippen molar-refractivity contribution in [3.8, 4) is 11.8 Å². The van der Waals surface area contributed by atoms with Crippen LogP contribution >= 0.6 is 0 Å². The van der Waals surface area contributed by atoms with Crippen LogP contribution in [0.15, 0.2) is 89.0 Å². The molecule has 1 aliphatic heterocycles. The van der Waals surface area contributed by atoms with Crippen LogP contribution in [0.25, 0.3) is 5.57 Å². The summed E-state index contributed by atoms with van der Waals surface area (Å²) >= 11 is 0. The van der Waals surface area contributed by atoms with E-state index in [1.807, 2.05) is 35.2 Å². The van der Waals surface area contributed by atoms with Crippen molar-refractivity contribution in [3.05, 3.63) is 106 Å². The number of phenols is 1. The van der Waals surface area contributed by atoms with Crippen LogP contribution in [0, 0.1) is 11.3 Å². The standard InChI is InChI=1S/C31H29N3O3/c1-20(2)10-9-11-21(3)16-17-34-26-15-8-7-14-25(26)33-29-27(34)18-23(30(35)28(29)31(36)37)24(19-32)22-12-5-4-6-13-22/h4-8,10,12-16,18,35H,9,11,17H2,1-3H3,(H,36,37)/b21-16+,24-23+. The van der Waals surface area contributed by atoms with Crippen LogP contribution in [0.4, 0.5) is 17.1 Å². The summed E-state index contributed by atoms with van der Waals surface area (Å²) in [5.74, 6) is -1.78. The minimum absolute atomic E-state index is 0.161. The monoisotopic (exact) mass is 491 g/mol. The number of hydrogen-bond acceptors (Lipinski definition) is 5. The van der Waals surface area contributed by atoms with Crippen LogP contribution < -0.4 is 15.5 Å². The fourth-order valence-electron chi connectivity index (χ4n) is 4.42. The predicted molar refractivity (Wildman–Crippen MR) is 146 cm³/mol. The van der Waals surface area contributed by atoms with Gasteiger partial charge in [-0.15, -0.1) is 0 Å². The Morgan fingerprint density at radius 3 is 2.41 bits per heavy atom. The van der Waals surface area contributed by atoms with Crippen molar-refractivity contribution in [1.29, 1.82) is 5.26 Å². The van der Waals surface area contributed by atoms with Crippen LogP contribution in [0.2, 0.25) is 0 Å². The Labute approximate surface area is 216 Å². The summed E-state index contributed by atoms with van der Waals surface area (Å²) in [5.41, 5.74) is 4.93. The Morgan fingerprint density at radius 1 is 1.03 bits per heavy atom. The highest BCUT2D eigenvalue weighted by Gasteiger charge is 2.26. The third-order valence-electron chi connectivity index (χ3n) is 6.32. The second kappa shape index (κ2) is 11.0. The van der Waals surface area contributed by atoms with Gasteiger partial charge in [-0.05, 0) is 57.4 Å². The molecule has 6 nitrogen and oxygen atoms in total. The Balaban J connectivity index is 1.97. The number of aromatic carboxylic acids is 1. The summed E-state index contributed by atoms with van der Waals surface area (Å²) in [6.07, 6.45) is 6.20. The Hall–Kier alpha value is -4.63. The van der Waals surface area contributed by atoms with Gasteiger partial charge >= 0.3 is 5.97 Å². The van der Waals surface area contributed by atoms with Gasteiger partial charge in [0.25, 0.3) is 0 Å². The van der Waals surface area contributed by atoms with Gasteiger partial charge in [0, 0.05) is 11.8 Å². The normalized spacial score (nSPS) is 13.0. The molecule has 0 aliphatic carbocycles. The Kier molecular flexibility index (Phi) is 7.55. The highest BCUT2D eigenvalue weighted by molar-refractivity contribution is 5.95. The zero-order valence-electron chi connectivity index (χ0n) is 21.2. The van der Waals surface area contributed by atoms with Gasteiger partial charge in [0.15, 0.2) is 0 Å². The lowest BCUT2D eigenvalue weighted by atomic mass is 9.99. The van der Waals surface area contributed by atoms with E-state index in [0.717, 1.165) is 18.5 Å². The number of hydrogen-bond donors (Lipinski definition) is 2. The molecule has 0 bridgehead atoms. The van der Waals surface area contributed by atoms with Crippen molar-refractivity contribution in [3.63, 3.8) is 0 Å². The van der Waals surface area contributed by atoms with Crippen LogP contribution in [0.5, 0.6) is 5.75 Å². The molecule has 6 heteroatoms. The van der Waals surface area contributed by atoms with E-state index in [0.29, 0.717) is 23.5 Å². The molecule has 37 heavy (non-hydrogen) atoms. The molecule has 186 valence electrons. The molecule has 1 aliphatic rings. The number of carboxylic acids is 1. The number of allylic oxidation sites excluding steroid dienone is 3. The second-order valence-electron chi connectivity index (χ2n) is 9.26. The first-order valence-corrected chi connectivity index (χ1v) is 12.1. The van der Waals surface area contributed by atoms with Crippen molar-refractivity contribution < 1.29 is 15.0 Å². The molecule has 1 heterocycles. The van der Waals surface area contributed by atoms with Crippen molar-refractivity contribution in [2.75, 3.05) is 11.4 Å². The summed E-state index contributed by atoms with van der Waals surface area (Å²) < 4.78 is 0. The minimum atomic E-state index is -1.31. The highest BCUT2D eigenvalue weighted by Crippen LogP contribution is 2.36. The maximum atomic E-state index is 12.4. The molecule has 3 aromatic rings. The lowest BCUT2D eigenvalue weighted by Gasteiger charge is -2.29. The van der Waals surface area contributed by atoms with E-state index in [1.54, 1.807) is 30.3 Å². The van der Waals surface area contributed by atoms with E-state index in [1.165, 1.54) is 11.1 Å². The maximum Gasteiger partial charge on any atom is 0.341 e. The van der Waals surface area contributed by atoms with Crippen molar-refractivity contribution in [2.24, 2.45) is 4.99 Å². The number of fused-ring (bicyclic) bond motifs is 2. The Morgan fingerprint density at radius 2 is 1.73 bits per heavy atom. The number of carboxylic acid groups (broad SMARTS) is 1. The minimum Gasteiger partial charge on any atom is -0.506 e. The summed E-state index contributed by atoms with van der Waals surface area (Å²) in [5, 5.41) is 31.6. The SMILES string of the molecule is CC(C)=CCC/C(C)=C/CN1c2ccccc2N=c2c1c/c(=C(/C#N)c1ccccc1)c(O)c2C(=O)O.